The van der Waals surface area contributed by atoms with Crippen LogP contribution < -0.4 is 10.6 Å². The number of fused-ring (bicyclic) bond motifs is 2. The summed E-state index contributed by atoms with van der Waals surface area (Å²) in [4.78, 5) is 19.0. The van der Waals surface area contributed by atoms with Crippen LogP contribution in [-0.4, -0.2) is 25.0 Å². The standard InChI is InChI=1S/C43H40Cl2N6O/c1-25-46-39(23-41(48-25)50-37-15-7-11-27-9-3-5-13-31(27)37)29-17-19-35(44)33(21-29)43(52)34-22-30(18-20-36(34)45)40-24-42(49-26(2)47-40)51-38-16-8-12-28-10-4-6-14-32(28)38/h3-6,9-10,13-14,17-24,37-38,43,52H,7-8,11-12,15-16H2,1-2H3,(H,46,48,50)(H,47,49,51)/t37-,38-/m1/s1. The molecule has 0 saturated carbocycles. The Hall–Kier alpha value is -4.82. The maximum Gasteiger partial charge on any atom is 0.130 e. The smallest absolute Gasteiger partial charge is 0.130 e. The van der Waals surface area contributed by atoms with Gasteiger partial charge in [0.05, 0.1) is 23.5 Å². The molecule has 0 bridgehead atoms. The summed E-state index contributed by atoms with van der Waals surface area (Å²) in [6.45, 7) is 3.79. The van der Waals surface area contributed by atoms with E-state index in [1.165, 1.54) is 22.3 Å². The third-order valence-corrected chi connectivity index (χ3v) is 10.9. The first-order chi connectivity index (χ1) is 25.3. The minimum Gasteiger partial charge on any atom is -0.384 e. The first-order valence-electron chi connectivity index (χ1n) is 18.0. The Labute approximate surface area is 314 Å². The van der Waals surface area contributed by atoms with Gasteiger partial charge >= 0.3 is 0 Å². The fourth-order valence-corrected chi connectivity index (χ4v) is 8.18. The van der Waals surface area contributed by atoms with Crippen molar-refractivity contribution < 1.29 is 5.11 Å². The summed E-state index contributed by atoms with van der Waals surface area (Å²) in [5.74, 6) is 2.83. The van der Waals surface area contributed by atoms with Crippen LogP contribution >= 0.6 is 23.2 Å². The number of hydrogen-bond donors (Lipinski definition) is 3. The Morgan fingerprint density at radius 2 is 1.04 bits per heavy atom. The molecule has 2 atom stereocenters. The van der Waals surface area contributed by atoms with Gasteiger partial charge in [-0.05, 0) is 98.9 Å². The van der Waals surface area contributed by atoms with Gasteiger partial charge in [0.2, 0.25) is 0 Å². The lowest BCUT2D eigenvalue weighted by Gasteiger charge is -2.27. The molecule has 2 aliphatic rings. The molecule has 52 heavy (non-hydrogen) atoms. The molecule has 6 aromatic rings. The number of nitrogens with zero attached hydrogens (tertiary/aromatic N) is 4. The van der Waals surface area contributed by atoms with Crippen LogP contribution in [0.1, 0.15) is 88.9 Å². The van der Waals surface area contributed by atoms with Crippen LogP contribution in [0.2, 0.25) is 10.0 Å². The summed E-state index contributed by atoms with van der Waals surface area (Å²) < 4.78 is 0. The van der Waals surface area contributed by atoms with E-state index in [9.17, 15) is 5.11 Å². The molecule has 3 N–H and O–H groups in total. The van der Waals surface area contributed by atoms with Crippen molar-refractivity contribution in [2.75, 3.05) is 10.6 Å². The van der Waals surface area contributed by atoms with Gasteiger partial charge in [0.15, 0.2) is 0 Å². The van der Waals surface area contributed by atoms with Crippen LogP contribution in [0.4, 0.5) is 11.6 Å². The highest BCUT2D eigenvalue weighted by molar-refractivity contribution is 6.32. The lowest BCUT2D eigenvalue weighted by atomic mass is 9.88. The number of aliphatic hydroxyl groups is 1. The van der Waals surface area contributed by atoms with Gasteiger partial charge in [0.25, 0.3) is 0 Å². The number of benzene rings is 4. The lowest BCUT2D eigenvalue weighted by molar-refractivity contribution is 0.220. The van der Waals surface area contributed by atoms with Gasteiger partial charge in [-0.15, -0.1) is 0 Å². The van der Waals surface area contributed by atoms with Crippen molar-refractivity contribution >= 4 is 34.8 Å². The monoisotopic (exact) mass is 726 g/mol. The second-order valence-corrected chi connectivity index (χ2v) is 14.6. The number of aliphatic hydroxyl groups excluding tert-OH is 1. The Kier molecular flexibility index (Phi) is 9.66. The average molecular weight is 728 g/mol. The summed E-state index contributed by atoms with van der Waals surface area (Å²) >= 11 is 13.5. The Morgan fingerprint density at radius 3 is 1.50 bits per heavy atom. The summed E-state index contributed by atoms with van der Waals surface area (Å²) in [5, 5.41) is 20.1. The molecule has 7 nitrogen and oxygen atoms in total. The fraction of sp³-hybridized carbons (Fsp3) is 0.256. The predicted octanol–water partition coefficient (Wildman–Crippen LogP) is 10.6. The number of halogens is 2. The highest BCUT2D eigenvalue weighted by Gasteiger charge is 2.24. The maximum absolute atomic E-state index is 11.9. The Bertz CT molecular complexity index is 2120. The molecular formula is C43H40Cl2N6O. The summed E-state index contributed by atoms with van der Waals surface area (Å²) in [6, 6.07) is 32.7. The van der Waals surface area contributed by atoms with E-state index in [1.807, 2.05) is 50.2 Å². The third kappa shape index (κ3) is 7.13. The quantitative estimate of drug-likeness (QED) is 0.144. The Morgan fingerprint density at radius 1 is 0.596 bits per heavy atom. The van der Waals surface area contributed by atoms with Gasteiger partial charge in [0, 0.05) is 44.4 Å². The first kappa shape index (κ1) is 34.3. The maximum atomic E-state index is 11.9. The summed E-state index contributed by atoms with van der Waals surface area (Å²) in [5.41, 5.74) is 9.57. The predicted molar refractivity (Wildman–Crippen MR) is 210 cm³/mol. The van der Waals surface area contributed by atoms with E-state index in [-0.39, 0.29) is 12.1 Å². The molecular weight excluding hydrogens is 687 g/mol. The molecule has 262 valence electrons. The summed E-state index contributed by atoms with van der Waals surface area (Å²) in [6.07, 6.45) is 5.41. The van der Waals surface area contributed by atoms with E-state index in [1.54, 1.807) is 12.1 Å². The molecule has 0 spiro atoms. The number of aromatic nitrogens is 4. The second kappa shape index (κ2) is 14.7. The molecule has 0 aliphatic heterocycles. The molecule has 0 radical (unpaired) electrons. The van der Waals surface area contributed by atoms with E-state index < -0.39 is 6.10 Å². The molecule has 0 fully saturated rings. The molecule has 2 heterocycles. The second-order valence-electron chi connectivity index (χ2n) is 13.8. The van der Waals surface area contributed by atoms with Crippen molar-refractivity contribution in [2.45, 2.75) is 70.6 Å². The average Bonchev–Trinajstić information content (AvgIpc) is 3.15. The van der Waals surface area contributed by atoms with Crippen LogP contribution in [0.5, 0.6) is 0 Å². The van der Waals surface area contributed by atoms with Crippen molar-refractivity contribution in [3.8, 4) is 22.5 Å². The summed E-state index contributed by atoms with van der Waals surface area (Å²) in [7, 11) is 0. The lowest BCUT2D eigenvalue weighted by Crippen LogP contribution is -2.18. The molecule has 2 aromatic heterocycles. The number of aryl methyl sites for hydroxylation is 4. The first-order valence-corrected chi connectivity index (χ1v) is 18.7. The van der Waals surface area contributed by atoms with Gasteiger partial charge in [-0.3, -0.25) is 0 Å². The van der Waals surface area contributed by atoms with Crippen LogP contribution in [0.25, 0.3) is 22.5 Å². The van der Waals surface area contributed by atoms with Crippen molar-refractivity contribution in [2.24, 2.45) is 0 Å². The zero-order chi connectivity index (χ0) is 35.8. The van der Waals surface area contributed by atoms with E-state index in [4.69, 9.17) is 43.1 Å². The molecule has 4 aromatic carbocycles. The minimum absolute atomic E-state index is 0.179. The van der Waals surface area contributed by atoms with Gasteiger partial charge in [-0.2, -0.15) is 0 Å². The number of nitrogens with one attached hydrogen (secondary N) is 2. The number of rotatable bonds is 8. The largest absolute Gasteiger partial charge is 0.384 e. The van der Waals surface area contributed by atoms with E-state index in [0.29, 0.717) is 32.8 Å². The van der Waals surface area contributed by atoms with Gasteiger partial charge in [0.1, 0.15) is 29.4 Å². The normalized spacial score (nSPS) is 16.7. The molecule has 0 saturated heterocycles. The van der Waals surface area contributed by atoms with Crippen molar-refractivity contribution in [3.63, 3.8) is 0 Å². The highest BCUT2D eigenvalue weighted by atomic mass is 35.5. The van der Waals surface area contributed by atoms with Crippen molar-refractivity contribution in [3.05, 3.63) is 152 Å². The van der Waals surface area contributed by atoms with Gasteiger partial charge in [-0.25, -0.2) is 19.9 Å². The zero-order valence-corrected chi connectivity index (χ0v) is 30.7. The molecule has 0 amide bonds. The van der Waals surface area contributed by atoms with Crippen molar-refractivity contribution in [1.82, 2.24) is 19.9 Å². The van der Waals surface area contributed by atoms with E-state index >= 15 is 0 Å². The number of anilines is 2. The van der Waals surface area contributed by atoms with Crippen LogP contribution in [0, 0.1) is 13.8 Å². The fourth-order valence-electron chi connectivity index (χ4n) is 7.74. The van der Waals surface area contributed by atoms with Gasteiger partial charge < -0.3 is 15.7 Å². The Balaban J connectivity index is 1.07. The van der Waals surface area contributed by atoms with E-state index in [0.717, 1.165) is 72.7 Å². The van der Waals surface area contributed by atoms with Crippen LogP contribution in [-0.2, 0) is 12.8 Å². The van der Waals surface area contributed by atoms with E-state index in [2.05, 4.69) is 59.2 Å². The molecule has 2 aliphatic carbocycles. The third-order valence-electron chi connectivity index (χ3n) is 10.2. The van der Waals surface area contributed by atoms with Gasteiger partial charge in [-0.1, -0.05) is 83.9 Å². The molecule has 9 heteroatoms. The topological polar surface area (TPSA) is 95.9 Å². The van der Waals surface area contributed by atoms with Crippen LogP contribution in [0.15, 0.2) is 97.1 Å². The van der Waals surface area contributed by atoms with Crippen molar-refractivity contribution in [1.29, 1.82) is 0 Å². The molecule has 0 unspecified atom stereocenters. The zero-order valence-electron chi connectivity index (χ0n) is 29.2. The van der Waals surface area contributed by atoms with Crippen LogP contribution in [0.3, 0.4) is 0 Å². The highest BCUT2D eigenvalue weighted by Crippen LogP contribution is 2.39. The number of hydrogen-bond acceptors (Lipinski definition) is 7. The minimum atomic E-state index is -1.10. The SMILES string of the molecule is Cc1nc(N[C@@H]2CCCc3ccccc32)cc(-c2ccc(Cl)c(C(O)c3cc(-c4cc(N[C@@H]5CCCc6ccccc65)nc(C)n4)ccc3Cl)c2)n1. The molecule has 8 rings (SSSR count).